The molecule has 0 spiro atoms. The van der Waals surface area contributed by atoms with Gasteiger partial charge in [0, 0.05) is 24.9 Å². The molecule has 0 bridgehead atoms. The standard InChI is InChI=1S/C15H22ClN3O/c1-11(10-18(2)3)19-12-6-5-7-13(20-4)15(12)17-14(19)8-9-16/h5-7,11H,8-10H2,1-4H3. The molecule has 4 nitrogen and oxygen atoms in total. The number of halogens is 1. The van der Waals surface area contributed by atoms with Crippen molar-refractivity contribution in [2.75, 3.05) is 33.6 Å². The minimum atomic E-state index is 0.334. The Kier molecular flexibility index (Phi) is 4.89. The number of rotatable bonds is 6. The van der Waals surface area contributed by atoms with E-state index in [1.807, 2.05) is 12.1 Å². The van der Waals surface area contributed by atoms with Gasteiger partial charge >= 0.3 is 0 Å². The Hall–Kier alpha value is -1.26. The van der Waals surface area contributed by atoms with Crippen LogP contribution in [0, 0.1) is 0 Å². The van der Waals surface area contributed by atoms with E-state index in [9.17, 15) is 0 Å². The summed E-state index contributed by atoms with van der Waals surface area (Å²) in [4.78, 5) is 6.92. The molecular weight excluding hydrogens is 274 g/mol. The molecule has 1 unspecified atom stereocenters. The summed E-state index contributed by atoms with van der Waals surface area (Å²) >= 11 is 5.92. The molecule has 1 aromatic heterocycles. The summed E-state index contributed by atoms with van der Waals surface area (Å²) in [7, 11) is 5.84. The summed E-state index contributed by atoms with van der Waals surface area (Å²) in [5.74, 6) is 2.41. The van der Waals surface area contributed by atoms with Gasteiger partial charge in [0.25, 0.3) is 0 Å². The van der Waals surface area contributed by atoms with Crippen molar-refractivity contribution in [2.45, 2.75) is 19.4 Å². The van der Waals surface area contributed by atoms with Crippen LogP contribution in [0.2, 0.25) is 0 Å². The number of alkyl halides is 1. The number of fused-ring (bicyclic) bond motifs is 1. The van der Waals surface area contributed by atoms with E-state index < -0.39 is 0 Å². The lowest BCUT2D eigenvalue weighted by molar-refractivity contribution is 0.337. The first kappa shape index (κ1) is 15.1. The molecule has 1 heterocycles. The smallest absolute Gasteiger partial charge is 0.146 e. The molecule has 2 aromatic rings. The van der Waals surface area contributed by atoms with Crippen LogP contribution in [0.15, 0.2) is 18.2 Å². The van der Waals surface area contributed by atoms with Crippen LogP contribution < -0.4 is 4.74 Å². The number of hydrogen-bond donors (Lipinski definition) is 0. The number of methoxy groups -OCH3 is 1. The van der Waals surface area contributed by atoms with Gasteiger partial charge in [-0.1, -0.05) is 6.07 Å². The lowest BCUT2D eigenvalue weighted by atomic mass is 10.2. The Balaban J connectivity index is 2.56. The average molecular weight is 296 g/mol. The van der Waals surface area contributed by atoms with Crippen LogP contribution in [-0.2, 0) is 6.42 Å². The van der Waals surface area contributed by atoms with E-state index in [4.69, 9.17) is 21.3 Å². The minimum Gasteiger partial charge on any atom is -0.494 e. The normalized spacial score (nSPS) is 13.1. The van der Waals surface area contributed by atoms with Crippen molar-refractivity contribution < 1.29 is 4.74 Å². The molecule has 0 aliphatic rings. The molecule has 0 aliphatic carbocycles. The highest BCUT2D eigenvalue weighted by molar-refractivity contribution is 6.17. The highest BCUT2D eigenvalue weighted by Gasteiger charge is 2.18. The molecule has 0 amide bonds. The molecule has 0 radical (unpaired) electrons. The highest BCUT2D eigenvalue weighted by atomic mass is 35.5. The third-order valence-electron chi connectivity index (χ3n) is 3.36. The Labute approximate surface area is 125 Å². The molecule has 20 heavy (non-hydrogen) atoms. The molecule has 0 aliphatic heterocycles. The SMILES string of the molecule is COc1cccc2c1nc(CCCl)n2C(C)CN(C)C. The third kappa shape index (κ3) is 2.91. The maximum Gasteiger partial charge on any atom is 0.146 e. The fourth-order valence-electron chi connectivity index (χ4n) is 2.67. The lowest BCUT2D eigenvalue weighted by Gasteiger charge is -2.21. The maximum atomic E-state index is 5.92. The third-order valence-corrected chi connectivity index (χ3v) is 3.55. The lowest BCUT2D eigenvalue weighted by Crippen LogP contribution is -2.23. The van der Waals surface area contributed by atoms with Crippen LogP contribution in [0.4, 0.5) is 0 Å². The van der Waals surface area contributed by atoms with Gasteiger partial charge in [-0.25, -0.2) is 4.98 Å². The summed E-state index contributed by atoms with van der Waals surface area (Å²) < 4.78 is 7.69. The Morgan fingerprint density at radius 2 is 2.15 bits per heavy atom. The van der Waals surface area contributed by atoms with Gasteiger partial charge < -0.3 is 14.2 Å². The molecule has 0 saturated carbocycles. The summed E-state index contributed by atoms with van der Waals surface area (Å²) in [5, 5.41) is 0. The monoisotopic (exact) mass is 295 g/mol. The number of hydrogen-bond acceptors (Lipinski definition) is 3. The Bertz CT molecular complexity index is 580. The summed E-state index contributed by atoms with van der Waals surface area (Å²) in [6, 6.07) is 6.38. The summed E-state index contributed by atoms with van der Waals surface area (Å²) in [5.41, 5.74) is 2.03. The van der Waals surface area contributed by atoms with Gasteiger partial charge in [0.05, 0.1) is 12.6 Å². The van der Waals surface area contributed by atoms with Crippen LogP contribution in [0.5, 0.6) is 5.75 Å². The molecule has 0 fully saturated rings. The van der Waals surface area contributed by atoms with Gasteiger partial charge in [-0.3, -0.25) is 0 Å². The zero-order valence-corrected chi connectivity index (χ0v) is 13.3. The van der Waals surface area contributed by atoms with Gasteiger partial charge in [-0.05, 0) is 33.2 Å². The van der Waals surface area contributed by atoms with E-state index in [-0.39, 0.29) is 0 Å². The van der Waals surface area contributed by atoms with E-state index in [0.717, 1.165) is 35.6 Å². The van der Waals surface area contributed by atoms with Crippen molar-refractivity contribution >= 4 is 22.6 Å². The van der Waals surface area contributed by atoms with Crippen LogP contribution in [0.1, 0.15) is 18.8 Å². The molecule has 1 aromatic carbocycles. The van der Waals surface area contributed by atoms with Crippen molar-refractivity contribution in [3.05, 3.63) is 24.0 Å². The van der Waals surface area contributed by atoms with Crippen molar-refractivity contribution in [3.8, 4) is 5.75 Å². The summed E-state index contributed by atoms with van der Waals surface area (Å²) in [6.07, 6.45) is 0.761. The van der Waals surface area contributed by atoms with E-state index >= 15 is 0 Å². The molecule has 0 saturated heterocycles. The van der Waals surface area contributed by atoms with Crippen molar-refractivity contribution in [1.82, 2.24) is 14.5 Å². The van der Waals surface area contributed by atoms with Crippen molar-refractivity contribution in [3.63, 3.8) is 0 Å². The van der Waals surface area contributed by atoms with Crippen molar-refractivity contribution in [1.29, 1.82) is 0 Å². The fraction of sp³-hybridized carbons (Fsp3) is 0.533. The van der Waals surface area contributed by atoms with Gasteiger partial charge in [-0.15, -0.1) is 11.6 Å². The number of aryl methyl sites for hydroxylation is 1. The van der Waals surface area contributed by atoms with Crippen LogP contribution in [-0.4, -0.2) is 48.1 Å². The van der Waals surface area contributed by atoms with Crippen molar-refractivity contribution in [2.24, 2.45) is 0 Å². The minimum absolute atomic E-state index is 0.334. The number of benzene rings is 1. The van der Waals surface area contributed by atoms with Crippen LogP contribution >= 0.6 is 11.6 Å². The number of aromatic nitrogens is 2. The zero-order chi connectivity index (χ0) is 14.7. The van der Waals surface area contributed by atoms with Gasteiger partial charge in [0.2, 0.25) is 0 Å². The molecule has 1 atom stereocenters. The first-order chi connectivity index (χ1) is 9.58. The number of ether oxygens (including phenoxy) is 1. The van der Waals surface area contributed by atoms with E-state index in [0.29, 0.717) is 11.9 Å². The average Bonchev–Trinajstić information content (AvgIpc) is 2.76. The van der Waals surface area contributed by atoms with Gasteiger partial charge in [0.15, 0.2) is 0 Å². The molecule has 0 N–H and O–H groups in total. The number of nitrogens with zero attached hydrogens (tertiary/aromatic N) is 3. The predicted molar refractivity (Wildman–Crippen MR) is 84.0 cm³/mol. The zero-order valence-electron chi connectivity index (χ0n) is 12.6. The maximum absolute atomic E-state index is 5.92. The van der Waals surface area contributed by atoms with E-state index in [1.165, 1.54) is 0 Å². The molecule has 110 valence electrons. The second-order valence-electron chi connectivity index (χ2n) is 5.28. The topological polar surface area (TPSA) is 30.3 Å². The van der Waals surface area contributed by atoms with Crippen LogP contribution in [0.3, 0.4) is 0 Å². The molecule has 5 heteroatoms. The highest BCUT2D eigenvalue weighted by Crippen LogP contribution is 2.28. The molecule has 2 rings (SSSR count). The Morgan fingerprint density at radius 1 is 1.40 bits per heavy atom. The fourth-order valence-corrected chi connectivity index (χ4v) is 2.84. The number of likely N-dealkylation sites (N-methyl/N-ethyl adjacent to an activating group) is 1. The first-order valence-corrected chi connectivity index (χ1v) is 7.36. The number of imidazole rings is 1. The van der Waals surface area contributed by atoms with E-state index in [1.54, 1.807) is 7.11 Å². The summed E-state index contributed by atoms with van der Waals surface area (Å²) in [6.45, 7) is 3.16. The quantitative estimate of drug-likeness (QED) is 0.768. The first-order valence-electron chi connectivity index (χ1n) is 6.83. The second-order valence-corrected chi connectivity index (χ2v) is 5.65. The Morgan fingerprint density at radius 3 is 2.75 bits per heavy atom. The molecular formula is C15H22ClN3O. The van der Waals surface area contributed by atoms with Gasteiger partial charge in [0.1, 0.15) is 17.1 Å². The van der Waals surface area contributed by atoms with Crippen LogP contribution in [0.25, 0.3) is 11.0 Å². The second kappa shape index (κ2) is 6.46. The largest absolute Gasteiger partial charge is 0.494 e. The van der Waals surface area contributed by atoms with Gasteiger partial charge in [-0.2, -0.15) is 0 Å². The number of para-hydroxylation sites is 1. The van der Waals surface area contributed by atoms with E-state index in [2.05, 4.69) is 36.6 Å². The predicted octanol–water partition coefficient (Wildman–Crippen LogP) is 2.95.